The average Bonchev–Trinajstić information content (AvgIpc) is 3.53. The Kier molecular flexibility index (Phi) is 6.06. The Morgan fingerprint density at radius 2 is 1.53 bits per heavy atom. The Balaban J connectivity index is 1.63. The van der Waals surface area contributed by atoms with E-state index in [1.165, 1.54) is 55.5 Å². The van der Waals surface area contributed by atoms with E-state index in [1.807, 2.05) is 0 Å². The smallest absolute Gasteiger partial charge is 0.252 e. The molecule has 0 bridgehead atoms. The normalized spacial score (nSPS) is 19.0. The molecule has 180 valence electrons. The van der Waals surface area contributed by atoms with E-state index >= 15 is 0 Å². The lowest BCUT2D eigenvalue weighted by Crippen LogP contribution is -2.46. The standard InChI is InChI=1S/C21H22N4O7S2/c1-13(26)23-14-2-8-18(9-3-14)34(31,32)25(16-4-5-16)19-12-20(27)24(21(19)28)15-6-10-17(11-7-15)33(22,29)30/h2-3,6-11,16,19H,4-5,12H2,1H3,(H,23,26)(H2,22,29,30). The molecule has 1 aliphatic heterocycles. The molecule has 3 amide bonds. The Morgan fingerprint density at radius 1 is 0.971 bits per heavy atom. The van der Waals surface area contributed by atoms with Gasteiger partial charge >= 0.3 is 0 Å². The van der Waals surface area contributed by atoms with Gasteiger partial charge in [-0.25, -0.2) is 26.9 Å². The van der Waals surface area contributed by atoms with E-state index in [2.05, 4.69) is 5.32 Å². The lowest BCUT2D eigenvalue weighted by molar-refractivity contribution is -0.122. The minimum atomic E-state index is -4.13. The van der Waals surface area contributed by atoms with Gasteiger partial charge in [-0.15, -0.1) is 0 Å². The molecule has 0 spiro atoms. The second-order valence-electron chi connectivity index (χ2n) is 8.10. The first-order valence-corrected chi connectivity index (χ1v) is 13.3. The Hall–Kier alpha value is -3.13. The third kappa shape index (κ3) is 4.59. The van der Waals surface area contributed by atoms with Gasteiger partial charge in [0.05, 0.1) is 21.9 Å². The number of benzene rings is 2. The van der Waals surface area contributed by atoms with Gasteiger partial charge in [0.15, 0.2) is 0 Å². The maximum atomic E-state index is 13.5. The summed E-state index contributed by atoms with van der Waals surface area (Å²) in [6.07, 6.45) is 0.782. The number of nitrogens with zero attached hydrogens (tertiary/aromatic N) is 2. The molecule has 2 aliphatic rings. The zero-order valence-electron chi connectivity index (χ0n) is 18.0. The second kappa shape index (κ2) is 8.58. The molecule has 1 heterocycles. The van der Waals surface area contributed by atoms with Crippen LogP contribution in [-0.4, -0.2) is 50.9 Å². The molecule has 1 aliphatic carbocycles. The fraction of sp³-hybridized carbons (Fsp3) is 0.286. The number of nitrogens with one attached hydrogen (secondary N) is 1. The number of imide groups is 1. The third-order valence-electron chi connectivity index (χ3n) is 5.51. The summed E-state index contributed by atoms with van der Waals surface area (Å²) in [7, 11) is -8.09. The predicted octanol–water partition coefficient (Wildman–Crippen LogP) is 0.778. The number of nitrogens with two attached hydrogens (primary N) is 1. The fourth-order valence-corrected chi connectivity index (χ4v) is 6.20. The van der Waals surface area contributed by atoms with Crippen LogP contribution in [0.3, 0.4) is 0 Å². The lowest BCUT2D eigenvalue weighted by atomic mass is 10.2. The van der Waals surface area contributed by atoms with Crippen LogP contribution in [0, 0.1) is 0 Å². The van der Waals surface area contributed by atoms with Crippen molar-refractivity contribution in [3.63, 3.8) is 0 Å². The van der Waals surface area contributed by atoms with Crippen molar-refractivity contribution in [3.05, 3.63) is 48.5 Å². The first-order chi connectivity index (χ1) is 15.9. The monoisotopic (exact) mass is 506 g/mol. The highest BCUT2D eigenvalue weighted by molar-refractivity contribution is 7.89. The summed E-state index contributed by atoms with van der Waals surface area (Å²) in [6, 6.07) is 8.81. The topological polar surface area (TPSA) is 164 Å². The molecular formula is C21H22N4O7S2. The van der Waals surface area contributed by atoms with E-state index in [1.54, 1.807) is 0 Å². The van der Waals surface area contributed by atoms with E-state index in [0.717, 1.165) is 9.21 Å². The summed E-state index contributed by atoms with van der Waals surface area (Å²) in [5, 5.41) is 7.64. The number of anilines is 2. The van der Waals surface area contributed by atoms with E-state index in [0.29, 0.717) is 18.5 Å². The summed E-state index contributed by atoms with van der Waals surface area (Å²) < 4.78 is 51.0. The van der Waals surface area contributed by atoms with Crippen LogP contribution < -0.4 is 15.4 Å². The van der Waals surface area contributed by atoms with Crippen LogP contribution in [0.15, 0.2) is 58.3 Å². The van der Waals surface area contributed by atoms with Crippen molar-refractivity contribution in [1.82, 2.24) is 4.31 Å². The molecule has 11 nitrogen and oxygen atoms in total. The molecule has 1 saturated heterocycles. The minimum Gasteiger partial charge on any atom is -0.326 e. The van der Waals surface area contributed by atoms with Crippen molar-refractivity contribution in [2.75, 3.05) is 10.2 Å². The highest BCUT2D eigenvalue weighted by Crippen LogP contribution is 2.38. The predicted molar refractivity (Wildman–Crippen MR) is 122 cm³/mol. The molecule has 1 unspecified atom stereocenters. The number of primary sulfonamides is 1. The van der Waals surface area contributed by atoms with Crippen LogP contribution >= 0.6 is 0 Å². The molecule has 4 rings (SSSR count). The molecule has 13 heteroatoms. The maximum Gasteiger partial charge on any atom is 0.252 e. The molecule has 0 aromatic heterocycles. The van der Waals surface area contributed by atoms with Gasteiger partial charge in [-0.2, -0.15) is 4.31 Å². The molecule has 3 N–H and O–H groups in total. The number of rotatable bonds is 7. The van der Waals surface area contributed by atoms with Gasteiger partial charge < -0.3 is 5.32 Å². The van der Waals surface area contributed by atoms with Crippen molar-refractivity contribution < 1.29 is 31.2 Å². The van der Waals surface area contributed by atoms with Gasteiger partial charge in [-0.05, 0) is 61.4 Å². The Labute approximate surface area is 196 Å². The zero-order chi connectivity index (χ0) is 24.8. The van der Waals surface area contributed by atoms with Crippen LogP contribution in [0.4, 0.5) is 11.4 Å². The van der Waals surface area contributed by atoms with Crippen molar-refractivity contribution in [2.24, 2.45) is 5.14 Å². The van der Waals surface area contributed by atoms with Crippen LogP contribution in [0.2, 0.25) is 0 Å². The van der Waals surface area contributed by atoms with Gasteiger partial charge in [0.1, 0.15) is 6.04 Å². The second-order valence-corrected chi connectivity index (χ2v) is 11.5. The molecule has 2 aromatic carbocycles. The maximum absolute atomic E-state index is 13.5. The Bertz CT molecular complexity index is 1370. The van der Waals surface area contributed by atoms with Gasteiger partial charge in [-0.1, -0.05) is 0 Å². The SMILES string of the molecule is CC(=O)Nc1ccc(S(=O)(=O)N(C2CC2)C2CC(=O)N(c3ccc(S(N)(=O)=O)cc3)C2=O)cc1. The fourth-order valence-electron chi connectivity index (χ4n) is 3.85. The van der Waals surface area contributed by atoms with Crippen molar-refractivity contribution in [1.29, 1.82) is 0 Å². The van der Waals surface area contributed by atoms with Crippen LogP contribution in [0.1, 0.15) is 26.2 Å². The Morgan fingerprint density at radius 3 is 2.03 bits per heavy atom. The van der Waals surface area contributed by atoms with Crippen LogP contribution in [0.5, 0.6) is 0 Å². The third-order valence-corrected chi connectivity index (χ3v) is 8.42. The summed E-state index contributed by atoms with van der Waals surface area (Å²) >= 11 is 0. The van der Waals surface area contributed by atoms with Crippen molar-refractivity contribution in [2.45, 2.75) is 48.1 Å². The zero-order valence-corrected chi connectivity index (χ0v) is 19.7. The van der Waals surface area contributed by atoms with E-state index in [9.17, 15) is 31.2 Å². The molecule has 2 fully saturated rings. The number of hydrogen-bond acceptors (Lipinski definition) is 7. The van der Waals surface area contributed by atoms with E-state index < -0.39 is 43.9 Å². The first-order valence-electron chi connectivity index (χ1n) is 10.3. The van der Waals surface area contributed by atoms with Crippen molar-refractivity contribution >= 4 is 49.1 Å². The van der Waals surface area contributed by atoms with E-state index in [-0.39, 0.29) is 27.8 Å². The summed E-state index contributed by atoms with van der Waals surface area (Å²) in [5.41, 5.74) is 0.545. The number of amides is 3. The van der Waals surface area contributed by atoms with Gasteiger partial charge in [-0.3, -0.25) is 14.4 Å². The number of carbonyl (C=O) groups excluding carboxylic acids is 3. The molecule has 1 atom stereocenters. The van der Waals surface area contributed by atoms with Gasteiger partial charge in [0, 0.05) is 18.7 Å². The molecule has 34 heavy (non-hydrogen) atoms. The van der Waals surface area contributed by atoms with Gasteiger partial charge in [0.25, 0.3) is 5.91 Å². The lowest BCUT2D eigenvalue weighted by Gasteiger charge is -2.27. The number of sulfonamides is 2. The molecular weight excluding hydrogens is 484 g/mol. The average molecular weight is 507 g/mol. The largest absolute Gasteiger partial charge is 0.326 e. The molecule has 1 saturated carbocycles. The van der Waals surface area contributed by atoms with Gasteiger partial charge in [0.2, 0.25) is 31.9 Å². The minimum absolute atomic E-state index is 0.0651. The summed E-state index contributed by atoms with van der Waals surface area (Å²) in [6.45, 7) is 1.33. The highest BCUT2D eigenvalue weighted by atomic mass is 32.2. The summed E-state index contributed by atoms with van der Waals surface area (Å²) in [4.78, 5) is 37.8. The summed E-state index contributed by atoms with van der Waals surface area (Å²) in [5.74, 6) is -1.61. The number of carbonyl (C=O) groups is 3. The van der Waals surface area contributed by atoms with E-state index in [4.69, 9.17) is 5.14 Å². The molecule has 2 aromatic rings. The van der Waals surface area contributed by atoms with Crippen molar-refractivity contribution in [3.8, 4) is 0 Å². The highest BCUT2D eigenvalue weighted by Gasteiger charge is 2.51. The number of hydrogen-bond donors (Lipinski definition) is 2. The molecule has 0 radical (unpaired) electrons. The van der Waals surface area contributed by atoms with Crippen LogP contribution in [-0.2, 0) is 34.4 Å². The first kappa shape index (κ1) is 24.0. The van der Waals surface area contributed by atoms with Crippen LogP contribution in [0.25, 0.3) is 0 Å². The quantitative estimate of drug-likeness (QED) is 0.524.